The van der Waals surface area contributed by atoms with Crippen molar-refractivity contribution in [2.24, 2.45) is 5.41 Å². The summed E-state index contributed by atoms with van der Waals surface area (Å²) in [5.74, 6) is 2.27. The number of ether oxygens (including phenoxy) is 1. The molecular weight excluding hydrogens is 272 g/mol. The summed E-state index contributed by atoms with van der Waals surface area (Å²) in [6.45, 7) is 3.31. The van der Waals surface area contributed by atoms with Crippen molar-refractivity contribution >= 4 is 22.6 Å². The Bertz CT molecular complexity index is 616. The first-order chi connectivity index (χ1) is 9.71. The molecule has 2 aromatic rings. The molecule has 0 radical (unpaired) electrons. The predicted molar refractivity (Wildman–Crippen MR) is 82.4 cm³/mol. The van der Waals surface area contributed by atoms with E-state index in [9.17, 15) is 0 Å². The second-order valence-corrected chi connectivity index (χ2v) is 6.12. The van der Waals surface area contributed by atoms with Crippen LogP contribution < -0.4 is 4.74 Å². The van der Waals surface area contributed by atoms with Gasteiger partial charge in [-0.15, -0.1) is 11.6 Å². The molecule has 0 unspecified atom stereocenters. The summed E-state index contributed by atoms with van der Waals surface area (Å²) < 4.78 is 7.58. The highest BCUT2D eigenvalue weighted by Gasteiger charge is 2.42. The highest BCUT2D eigenvalue weighted by Crippen LogP contribution is 2.51. The molecule has 1 fully saturated rings. The molecule has 0 amide bonds. The topological polar surface area (TPSA) is 27.1 Å². The van der Waals surface area contributed by atoms with Gasteiger partial charge in [-0.2, -0.15) is 0 Å². The fourth-order valence-corrected chi connectivity index (χ4v) is 3.30. The zero-order valence-electron chi connectivity index (χ0n) is 12.2. The number of alkyl halides is 1. The van der Waals surface area contributed by atoms with Crippen LogP contribution in [0.3, 0.4) is 0 Å². The largest absolute Gasteiger partial charge is 0.497 e. The van der Waals surface area contributed by atoms with Gasteiger partial charge in [0.1, 0.15) is 11.6 Å². The van der Waals surface area contributed by atoms with Crippen molar-refractivity contribution in [1.29, 1.82) is 0 Å². The SMILES string of the molecule is CCCC1(Cn2c(CCl)nc3cc(OC)ccc32)CC1. The fourth-order valence-electron chi connectivity index (χ4n) is 3.09. The molecule has 1 saturated carbocycles. The lowest BCUT2D eigenvalue weighted by Crippen LogP contribution is -2.13. The van der Waals surface area contributed by atoms with Crippen LogP contribution in [0.2, 0.25) is 0 Å². The number of hydrogen-bond acceptors (Lipinski definition) is 2. The predicted octanol–water partition coefficient (Wildman–Crippen LogP) is 4.36. The standard InChI is InChI=1S/C16H21ClN2O/c1-3-6-16(7-8-16)11-19-14-5-4-12(20-2)9-13(14)18-15(19)10-17/h4-5,9H,3,6-8,10-11H2,1-2H3. The minimum absolute atomic E-state index is 0.458. The van der Waals surface area contributed by atoms with E-state index < -0.39 is 0 Å². The van der Waals surface area contributed by atoms with Gasteiger partial charge in [-0.1, -0.05) is 13.3 Å². The van der Waals surface area contributed by atoms with E-state index in [-0.39, 0.29) is 0 Å². The molecule has 0 N–H and O–H groups in total. The minimum Gasteiger partial charge on any atom is -0.497 e. The molecule has 0 saturated heterocycles. The van der Waals surface area contributed by atoms with E-state index in [4.69, 9.17) is 16.3 Å². The maximum Gasteiger partial charge on any atom is 0.124 e. The number of rotatable bonds is 6. The lowest BCUT2D eigenvalue weighted by atomic mass is 10.0. The normalized spacial score (nSPS) is 16.6. The van der Waals surface area contributed by atoms with Gasteiger partial charge in [-0.3, -0.25) is 0 Å². The maximum absolute atomic E-state index is 6.09. The first-order valence-corrected chi connectivity index (χ1v) is 7.84. The van der Waals surface area contributed by atoms with Gasteiger partial charge in [-0.05, 0) is 36.8 Å². The molecule has 0 spiro atoms. The lowest BCUT2D eigenvalue weighted by molar-refractivity contribution is 0.389. The minimum atomic E-state index is 0.458. The molecule has 1 heterocycles. The Kier molecular flexibility index (Phi) is 3.63. The summed E-state index contributed by atoms with van der Waals surface area (Å²) >= 11 is 6.09. The molecule has 3 rings (SSSR count). The first-order valence-electron chi connectivity index (χ1n) is 7.30. The van der Waals surface area contributed by atoms with Crippen molar-refractivity contribution < 1.29 is 4.74 Å². The zero-order valence-corrected chi connectivity index (χ0v) is 12.9. The number of hydrogen-bond donors (Lipinski definition) is 0. The van der Waals surface area contributed by atoms with Crippen LogP contribution in [0.1, 0.15) is 38.4 Å². The molecule has 3 nitrogen and oxygen atoms in total. The fraction of sp³-hybridized carbons (Fsp3) is 0.562. The average Bonchev–Trinajstić information content (AvgIpc) is 3.13. The molecule has 0 atom stereocenters. The number of benzene rings is 1. The van der Waals surface area contributed by atoms with Crippen LogP contribution in [0.4, 0.5) is 0 Å². The maximum atomic E-state index is 6.09. The number of methoxy groups -OCH3 is 1. The van der Waals surface area contributed by atoms with E-state index in [2.05, 4.69) is 22.5 Å². The van der Waals surface area contributed by atoms with Crippen LogP contribution in [0.25, 0.3) is 11.0 Å². The van der Waals surface area contributed by atoms with Crippen LogP contribution >= 0.6 is 11.6 Å². The quantitative estimate of drug-likeness (QED) is 0.740. The first kappa shape index (κ1) is 13.7. The van der Waals surface area contributed by atoms with Crippen molar-refractivity contribution in [1.82, 2.24) is 9.55 Å². The van der Waals surface area contributed by atoms with Crippen LogP contribution in [0.15, 0.2) is 18.2 Å². The van der Waals surface area contributed by atoms with E-state index >= 15 is 0 Å². The Balaban J connectivity index is 2.00. The highest BCUT2D eigenvalue weighted by atomic mass is 35.5. The molecule has 20 heavy (non-hydrogen) atoms. The number of imidazole rings is 1. The molecule has 4 heteroatoms. The summed E-state index contributed by atoms with van der Waals surface area (Å²) in [7, 11) is 1.68. The Morgan fingerprint density at radius 1 is 1.40 bits per heavy atom. The van der Waals surface area contributed by atoms with Crippen molar-refractivity contribution in [2.75, 3.05) is 7.11 Å². The van der Waals surface area contributed by atoms with Gasteiger partial charge in [0.05, 0.1) is 24.0 Å². The summed E-state index contributed by atoms with van der Waals surface area (Å²) in [5.41, 5.74) is 2.64. The summed E-state index contributed by atoms with van der Waals surface area (Å²) in [6.07, 6.45) is 5.21. The second-order valence-electron chi connectivity index (χ2n) is 5.85. The van der Waals surface area contributed by atoms with Gasteiger partial charge in [0.25, 0.3) is 0 Å². The van der Waals surface area contributed by atoms with Crippen molar-refractivity contribution in [2.45, 2.75) is 45.0 Å². The Hall–Kier alpha value is -1.22. The summed E-state index contributed by atoms with van der Waals surface area (Å²) in [6, 6.07) is 6.08. The van der Waals surface area contributed by atoms with Crippen LogP contribution in [-0.2, 0) is 12.4 Å². The smallest absolute Gasteiger partial charge is 0.124 e. The molecule has 1 aromatic heterocycles. The lowest BCUT2D eigenvalue weighted by Gasteiger charge is -2.17. The third kappa shape index (κ3) is 2.39. The van der Waals surface area contributed by atoms with E-state index in [1.807, 2.05) is 12.1 Å². The number of halogens is 1. The third-order valence-corrected chi connectivity index (χ3v) is 4.62. The van der Waals surface area contributed by atoms with Gasteiger partial charge in [-0.25, -0.2) is 4.98 Å². The number of nitrogens with zero attached hydrogens (tertiary/aromatic N) is 2. The molecule has 1 aliphatic carbocycles. The highest BCUT2D eigenvalue weighted by molar-refractivity contribution is 6.16. The molecule has 0 bridgehead atoms. The Morgan fingerprint density at radius 3 is 2.80 bits per heavy atom. The van der Waals surface area contributed by atoms with Gasteiger partial charge >= 0.3 is 0 Å². The van der Waals surface area contributed by atoms with Crippen LogP contribution in [0, 0.1) is 5.41 Å². The third-order valence-electron chi connectivity index (χ3n) is 4.38. The number of fused-ring (bicyclic) bond motifs is 1. The molecule has 1 aromatic carbocycles. The summed E-state index contributed by atoms with van der Waals surface area (Å²) in [4.78, 5) is 4.66. The van der Waals surface area contributed by atoms with Crippen LogP contribution in [-0.4, -0.2) is 16.7 Å². The molecular formula is C16H21ClN2O. The second kappa shape index (κ2) is 5.28. The van der Waals surface area contributed by atoms with Crippen molar-refractivity contribution in [3.05, 3.63) is 24.0 Å². The van der Waals surface area contributed by atoms with Gasteiger partial charge in [0.2, 0.25) is 0 Å². The Labute approximate surface area is 124 Å². The molecule has 1 aliphatic rings. The van der Waals surface area contributed by atoms with Crippen molar-refractivity contribution in [3.8, 4) is 5.75 Å². The van der Waals surface area contributed by atoms with E-state index in [0.29, 0.717) is 11.3 Å². The number of aromatic nitrogens is 2. The van der Waals surface area contributed by atoms with Crippen molar-refractivity contribution in [3.63, 3.8) is 0 Å². The van der Waals surface area contributed by atoms with E-state index in [1.165, 1.54) is 31.2 Å². The average molecular weight is 293 g/mol. The van der Waals surface area contributed by atoms with Gasteiger partial charge in [0, 0.05) is 12.6 Å². The van der Waals surface area contributed by atoms with Crippen LogP contribution in [0.5, 0.6) is 5.75 Å². The summed E-state index contributed by atoms with van der Waals surface area (Å²) in [5, 5.41) is 0. The Morgan fingerprint density at radius 2 is 2.20 bits per heavy atom. The zero-order chi connectivity index (χ0) is 14.2. The van der Waals surface area contributed by atoms with Gasteiger partial charge in [0.15, 0.2) is 0 Å². The van der Waals surface area contributed by atoms with E-state index in [1.54, 1.807) is 7.11 Å². The van der Waals surface area contributed by atoms with E-state index in [0.717, 1.165) is 23.6 Å². The molecule has 108 valence electrons. The molecule has 0 aliphatic heterocycles. The van der Waals surface area contributed by atoms with Gasteiger partial charge < -0.3 is 9.30 Å². The monoisotopic (exact) mass is 292 g/mol.